The molecule has 0 fully saturated rings. The SMILES string of the molecule is Cc1ccc(Sc2ccc([N+](=O)[O-])cc2/C=N/NC(=O)c2cccc([N+](=O)[O-])c2)cc1. The molecule has 0 aliphatic rings. The van der Waals surface area contributed by atoms with Crippen molar-refractivity contribution < 1.29 is 14.6 Å². The molecule has 0 aliphatic carbocycles. The Hall–Kier alpha value is -4.05. The van der Waals surface area contributed by atoms with Gasteiger partial charge in [0.25, 0.3) is 17.3 Å². The quantitative estimate of drug-likeness (QED) is 0.324. The summed E-state index contributed by atoms with van der Waals surface area (Å²) in [5, 5.41) is 25.9. The molecule has 0 spiro atoms. The highest BCUT2D eigenvalue weighted by molar-refractivity contribution is 7.99. The fraction of sp³-hybridized carbons (Fsp3) is 0.0476. The summed E-state index contributed by atoms with van der Waals surface area (Å²) < 4.78 is 0. The molecule has 1 amide bonds. The fourth-order valence-electron chi connectivity index (χ4n) is 2.56. The van der Waals surface area contributed by atoms with Crippen LogP contribution in [-0.4, -0.2) is 22.0 Å². The maximum absolute atomic E-state index is 12.2. The van der Waals surface area contributed by atoms with Crippen LogP contribution in [0.1, 0.15) is 21.5 Å². The van der Waals surface area contributed by atoms with Crippen LogP contribution < -0.4 is 5.43 Å². The summed E-state index contributed by atoms with van der Waals surface area (Å²) in [5.41, 5.74) is 3.59. The standard InChI is InChI=1S/C21H16N4O5S/c1-14-5-8-19(9-6-14)31-20-10-7-18(25(29)30)12-16(20)13-22-23-21(26)15-3-2-4-17(11-15)24(27)28/h2-13H,1H3,(H,23,26)/b22-13+. The Morgan fingerprint density at radius 3 is 2.32 bits per heavy atom. The van der Waals surface area contributed by atoms with E-state index in [-0.39, 0.29) is 16.9 Å². The van der Waals surface area contributed by atoms with E-state index in [1.54, 1.807) is 6.07 Å². The van der Waals surface area contributed by atoms with Crippen molar-refractivity contribution in [1.82, 2.24) is 5.43 Å². The molecule has 10 heteroatoms. The van der Waals surface area contributed by atoms with Gasteiger partial charge in [-0.25, -0.2) is 5.43 Å². The maximum Gasteiger partial charge on any atom is 0.271 e. The second-order valence-corrected chi connectivity index (χ2v) is 7.52. The van der Waals surface area contributed by atoms with E-state index >= 15 is 0 Å². The van der Waals surface area contributed by atoms with Gasteiger partial charge in [-0.2, -0.15) is 5.10 Å². The van der Waals surface area contributed by atoms with Gasteiger partial charge in [0.15, 0.2) is 0 Å². The van der Waals surface area contributed by atoms with Gasteiger partial charge in [-0.15, -0.1) is 0 Å². The molecule has 0 aromatic heterocycles. The van der Waals surface area contributed by atoms with Crippen molar-refractivity contribution in [2.24, 2.45) is 5.10 Å². The van der Waals surface area contributed by atoms with Crippen LogP contribution in [0, 0.1) is 27.2 Å². The highest BCUT2D eigenvalue weighted by atomic mass is 32.2. The predicted octanol–water partition coefficient (Wildman–Crippen LogP) is 4.73. The van der Waals surface area contributed by atoms with Crippen LogP contribution in [0.3, 0.4) is 0 Å². The van der Waals surface area contributed by atoms with Gasteiger partial charge in [-0.3, -0.25) is 25.0 Å². The van der Waals surface area contributed by atoms with Crippen molar-refractivity contribution in [1.29, 1.82) is 0 Å². The van der Waals surface area contributed by atoms with Crippen LogP contribution in [0.2, 0.25) is 0 Å². The first-order valence-corrected chi connectivity index (χ1v) is 9.76. The minimum absolute atomic E-state index is 0.0691. The van der Waals surface area contributed by atoms with E-state index in [1.807, 2.05) is 31.2 Å². The van der Waals surface area contributed by atoms with Gasteiger partial charge in [0.05, 0.1) is 16.1 Å². The third kappa shape index (κ3) is 5.73. The number of amides is 1. The largest absolute Gasteiger partial charge is 0.271 e. The first-order valence-electron chi connectivity index (χ1n) is 8.94. The van der Waals surface area contributed by atoms with Gasteiger partial charge >= 0.3 is 0 Å². The monoisotopic (exact) mass is 436 g/mol. The van der Waals surface area contributed by atoms with Crippen molar-refractivity contribution in [2.45, 2.75) is 16.7 Å². The smallest absolute Gasteiger partial charge is 0.267 e. The minimum atomic E-state index is -0.641. The molecule has 0 saturated carbocycles. The van der Waals surface area contributed by atoms with E-state index in [1.165, 1.54) is 48.3 Å². The van der Waals surface area contributed by atoms with E-state index in [4.69, 9.17) is 0 Å². The van der Waals surface area contributed by atoms with Crippen LogP contribution in [0.25, 0.3) is 0 Å². The number of hydrogen-bond acceptors (Lipinski definition) is 7. The third-order valence-electron chi connectivity index (χ3n) is 4.14. The van der Waals surface area contributed by atoms with Gasteiger partial charge in [0.2, 0.25) is 0 Å². The average Bonchev–Trinajstić information content (AvgIpc) is 2.76. The number of rotatable bonds is 7. The van der Waals surface area contributed by atoms with Gasteiger partial charge in [0.1, 0.15) is 0 Å². The maximum atomic E-state index is 12.2. The Balaban J connectivity index is 1.82. The highest BCUT2D eigenvalue weighted by Crippen LogP contribution is 2.32. The lowest BCUT2D eigenvalue weighted by molar-refractivity contribution is -0.385. The predicted molar refractivity (Wildman–Crippen MR) is 117 cm³/mol. The molecule has 3 aromatic carbocycles. The van der Waals surface area contributed by atoms with E-state index in [9.17, 15) is 25.0 Å². The molecule has 0 bridgehead atoms. The number of nitrogens with zero attached hydrogens (tertiary/aromatic N) is 3. The molecule has 3 aromatic rings. The van der Waals surface area contributed by atoms with Crippen molar-refractivity contribution in [3.05, 3.63) is 104 Å². The lowest BCUT2D eigenvalue weighted by Crippen LogP contribution is -2.17. The van der Waals surface area contributed by atoms with Crippen LogP contribution in [0.15, 0.2) is 81.6 Å². The molecule has 156 valence electrons. The van der Waals surface area contributed by atoms with Crippen LogP contribution in [-0.2, 0) is 0 Å². The van der Waals surface area contributed by atoms with Gasteiger partial charge in [-0.1, -0.05) is 35.5 Å². The van der Waals surface area contributed by atoms with Gasteiger partial charge in [-0.05, 0) is 31.2 Å². The Morgan fingerprint density at radius 2 is 1.65 bits per heavy atom. The molecule has 0 atom stereocenters. The van der Waals surface area contributed by atoms with Crippen molar-refractivity contribution in [3.63, 3.8) is 0 Å². The normalized spacial score (nSPS) is 10.7. The zero-order chi connectivity index (χ0) is 22.4. The average molecular weight is 436 g/mol. The minimum Gasteiger partial charge on any atom is -0.267 e. The van der Waals surface area contributed by atoms with Gasteiger partial charge in [0, 0.05) is 45.2 Å². The van der Waals surface area contributed by atoms with Crippen molar-refractivity contribution in [2.75, 3.05) is 0 Å². The number of non-ortho nitro benzene ring substituents is 2. The van der Waals surface area contributed by atoms with E-state index in [0.29, 0.717) is 10.5 Å². The molecule has 9 nitrogen and oxygen atoms in total. The second-order valence-electron chi connectivity index (χ2n) is 6.40. The zero-order valence-corrected chi connectivity index (χ0v) is 17.0. The highest BCUT2D eigenvalue weighted by Gasteiger charge is 2.13. The second kappa shape index (κ2) is 9.63. The molecule has 0 saturated heterocycles. The summed E-state index contributed by atoms with van der Waals surface area (Å²) in [5.74, 6) is -0.641. The number of carbonyl (C=O) groups is 1. The van der Waals surface area contributed by atoms with Gasteiger partial charge < -0.3 is 0 Å². The number of hydrogen-bond donors (Lipinski definition) is 1. The van der Waals surface area contributed by atoms with E-state index < -0.39 is 15.8 Å². The molecule has 0 unspecified atom stereocenters. The first kappa shape index (κ1) is 21.7. The summed E-state index contributed by atoms with van der Waals surface area (Å²) in [6.45, 7) is 1.97. The first-order chi connectivity index (χ1) is 14.8. The molecular weight excluding hydrogens is 420 g/mol. The molecule has 0 heterocycles. The summed E-state index contributed by atoms with van der Waals surface area (Å²) >= 11 is 1.40. The topological polar surface area (TPSA) is 128 Å². The number of benzene rings is 3. The van der Waals surface area contributed by atoms with Crippen LogP contribution in [0.4, 0.5) is 11.4 Å². The lowest BCUT2D eigenvalue weighted by atomic mass is 10.2. The van der Waals surface area contributed by atoms with Crippen LogP contribution >= 0.6 is 11.8 Å². The summed E-state index contributed by atoms with van der Waals surface area (Å²) in [7, 11) is 0. The lowest BCUT2D eigenvalue weighted by Gasteiger charge is -2.06. The Labute approximate surface area is 181 Å². The zero-order valence-electron chi connectivity index (χ0n) is 16.2. The molecule has 0 radical (unpaired) electrons. The Morgan fingerprint density at radius 1 is 0.968 bits per heavy atom. The number of carbonyl (C=O) groups excluding carboxylic acids is 1. The Kier molecular flexibility index (Phi) is 6.73. The summed E-state index contributed by atoms with van der Waals surface area (Å²) in [4.78, 5) is 34.8. The number of hydrazone groups is 1. The van der Waals surface area contributed by atoms with Crippen molar-refractivity contribution in [3.8, 4) is 0 Å². The molecule has 0 aliphatic heterocycles. The molecular formula is C21H16N4O5S. The van der Waals surface area contributed by atoms with Crippen LogP contribution in [0.5, 0.6) is 0 Å². The number of nitro groups is 2. The summed E-state index contributed by atoms with van der Waals surface area (Å²) in [6, 6.07) is 17.4. The van der Waals surface area contributed by atoms with E-state index in [2.05, 4.69) is 10.5 Å². The number of nitro benzene ring substituents is 2. The number of aryl methyl sites for hydroxylation is 1. The van der Waals surface area contributed by atoms with E-state index in [0.717, 1.165) is 16.5 Å². The molecule has 3 rings (SSSR count). The summed E-state index contributed by atoms with van der Waals surface area (Å²) in [6.07, 6.45) is 1.30. The van der Waals surface area contributed by atoms with Crippen molar-refractivity contribution >= 4 is 35.3 Å². The fourth-order valence-corrected chi connectivity index (χ4v) is 3.45. The third-order valence-corrected chi connectivity index (χ3v) is 5.24. The molecule has 31 heavy (non-hydrogen) atoms. The number of nitrogens with one attached hydrogen (secondary N) is 1. The Bertz CT molecular complexity index is 1180. The molecule has 1 N–H and O–H groups in total.